The zero-order chi connectivity index (χ0) is 14.7. The minimum atomic E-state index is -0.276. The topological polar surface area (TPSA) is 17.8 Å². The van der Waals surface area contributed by atoms with Gasteiger partial charge in [0.2, 0.25) is 0 Å². The summed E-state index contributed by atoms with van der Waals surface area (Å²) in [6, 6.07) is 15.3. The van der Waals surface area contributed by atoms with Crippen LogP contribution in [0.1, 0.15) is 11.4 Å². The minimum Gasteiger partial charge on any atom is -0.328 e. The highest BCUT2D eigenvalue weighted by Gasteiger charge is 2.13. The van der Waals surface area contributed by atoms with Crippen LogP contribution in [0.15, 0.2) is 48.5 Å². The summed E-state index contributed by atoms with van der Waals surface area (Å²) in [5.74, 6) is 1.05. The van der Waals surface area contributed by atoms with E-state index in [0.717, 1.165) is 24.3 Å². The fourth-order valence-corrected chi connectivity index (χ4v) is 2.74. The summed E-state index contributed by atoms with van der Waals surface area (Å²) in [5.41, 5.74) is 2.53. The molecule has 21 heavy (non-hydrogen) atoms. The number of halogens is 2. The Morgan fingerprint density at radius 3 is 2.57 bits per heavy atom. The number of aryl methyl sites for hydroxylation is 3. The lowest BCUT2D eigenvalue weighted by molar-refractivity contribution is 0.637. The molecule has 0 saturated carbocycles. The van der Waals surface area contributed by atoms with Gasteiger partial charge in [0.15, 0.2) is 5.82 Å². The molecule has 3 rings (SSSR count). The molecule has 3 aromatic rings. The van der Waals surface area contributed by atoms with Crippen molar-refractivity contribution in [2.45, 2.75) is 19.4 Å². The van der Waals surface area contributed by atoms with Crippen LogP contribution in [0, 0.1) is 5.82 Å². The molecule has 0 saturated heterocycles. The monoisotopic (exact) mass is 302 g/mol. The lowest BCUT2D eigenvalue weighted by atomic mass is 10.1. The standard InChI is InChI=1S/C17H16ClFN2/c18-11-9-16-20-17-14(19)7-4-8-15(17)21(16)12-10-13-5-2-1-3-6-13/h1-8H,9-12H2. The van der Waals surface area contributed by atoms with Crippen LogP contribution in [0.4, 0.5) is 4.39 Å². The Kier molecular flexibility index (Phi) is 4.20. The molecule has 0 fully saturated rings. The number of aromatic nitrogens is 2. The third-order valence-corrected chi connectivity index (χ3v) is 3.78. The number of para-hydroxylation sites is 1. The fourth-order valence-electron chi connectivity index (χ4n) is 2.57. The number of fused-ring (bicyclic) bond motifs is 1. The molecule has 1 aromatic heterocycles. The van der Waals surface area contributed by atoms with E-state index in [9.17, 15) is 4.39 Å². The highest BCUT2D eigenvalue weighted by atomic mass is 35.5. The van der Waals surface area contributed by atoms with Gasteiger partial charge in [0.05, 0.1) is 5.52 Å². The highest BCUT2D eigenvalue weighted by molar-refractivity contribution is 6.17. The first-order chi connectivity index (χ1) is 10.3. The molecule has 0 aliphatic rings. The Bertz CT molecular complexity index is 737. The van der Waals surface area contributed by atoms with Crippen LogP contribution in [0.2, 0.25) is 0 Å². The smallest absolute Gasteiger partial charge is 0.151 e. The van der Waals surface area contributed by atoms with Crippen molar-refractivity contribution in [2.75, 3.05) is 5.88 Å². The summed E-state index contributed by atoms with van der Waals surface area (Å²) in [4.78, 5) is 4.42. The molecule has 2 nitrogen and oxygen atoms in total. The predicted octanol–water partition coefficient (Wildman–Crippen LogP) is 4.20. The van der Waals surface area contributed by atoms with E-state index >= 15 is 0 Å². The molecule has 2 aromatic carbocycles. The van der Waals surface area contributed by atoms with Crippen molar-refractivity contribution in [1.29, 1.82) is 0 Å². The molecule has 108 valence electrons. The van der Waals surface area contributed by atoms with Crippen LogP contribution < -0.4 is 0 Å². The largest absolute Gasteiger partial charge is 0.328 e. The number of nitrogens with zero attached hydrogens (tertiary/aromatic N) is 2. The van der Waals surface area contributed by atoms with E-state index in [1.807, 2.05) is 24.3 Å². The molecule has 0 unspecified atom stereocenters. The predicted molar refractivity (Wildman–Crippen MR) is 84.3 cm³/mol. The van der Waals surface area contributed by atoms with Crippen LogP contribution in [-0.2, 0) is 19.4 Å². The number of benzene rings is 2. The van der Waals surface area contributed by atoms with E-state index in [1.165, 1.54) is 11.6 Å². The quantitative estimate of drug-likeness (QED) is 0.646. The summed E-state index contributed by atoms with van der Waals surface area (Å²) in [5, 5.41) is 0. The third kappa shape index (κ3) is 2.93. The van der Waals surface area contributed by atoms with Gasteiger partial charge in [0.1, 0.15) is 11.3 Å². The van der Waals surface area contributed by atoms with Crippen LogP contribution in [-0.4, -0.2) is 15.4 Å². The van der Waals surface area contributed by atoms with Gasteiger partial charge in [-0.25, -0.2) is 9.37 Å². The summed E-state index contributed by atoms with van der Waals surface area (Å²) in [7, 11) is 0. The first-order valence-corrected chi connectivity index (χ1v) is 7.56. The molecule has 0 spiro atoms. The van der Waals surface area contributed by atoms with Crippen molar-refractivity contribution < 1.29 is 4.39 Å². The normalized spacial score (nSPS) is 11.1. The highest BCUT2D eigenvalue weighted by Crippen LogP contribution is 2.20. The van der Waals surface area contributed by atoms with Gasteiger partial charge in [-0.1, -0.05) is 36.4 Å². The van der Waals surface area contributed by atoms with Gasteiger partial charge >= 0.3 is 0 Å². The molecule has 4 heteroatoms. The average Bonchev–Trinajstić information content (AvgIpc) is 2.86. The maximum Gasteiger partial charge on any atom is 0.151 e. The Morgan fingerprint density at radius 2 is 1.81 bits per heavy atom. The van der Waals surface area contributed by atoms with Gasteiger partial charge in [0.25, 0.3) is 0 Å². The van der Waals surface area contributed by atoms with E-state index in [4.69, 9.17) is 11.6 Å². The van der Waals surface area contributed by atoms with Crippen LogP contribution in [0.5, 0.6) is 0 Å². The molecule has 0 N–H and O–H groups in total. The number of imidazole rings is 1. The Balaban J connectivity index is 1.95. The molecule has 0 bridgehead atoms. The summed E-state index contributed by atoms with van der Waals surface area (Å²) in [6.07, 6.45) is 1.53. The molecule has 1 heterocycles. The van der Waals surface area contributed by atoms with E-state index in [2.05, 4.69) is 21.7 Å². The van der Waals surface area contributed by atoms with Crippen molar-refractivity contribution in [3.8, 4) is 0 Å². The Labute approximate surface area is 128 Å². The summed E-state index contributed by atoms with van der Waals surface area (Å²) in [6.45, 7) is 0.774. The second-order valence-corrected chi connectivity index (χ2v) is 5.34. The van der Waals surface area contributed by atoms with Gasteiger partial charge in [-0.2, -0.15) is 0 Å². The van der Waals surface area contributed by atoms with Gasteiger partial charge in [-0.3, -0.25) is 0 Å². The second-order valence-electron chi connectivity index (χ2n) is 4.96. The van der Waals surface area contributed by atoms with Crippen LogP contribution in [0.3, 0.4) is 0 Å². The minimum absolute atomic E-state index is 0.276. The van der Waals surface area contributed by atoms with Crippen LogP contribution in [0.25, 0.3) is 11.0 Å². The molecule has 0 atom stereocenters. The van der Waals surface area contributed by atoms with E-state index < -0.39 is 0 Å². The summed E-state index contributed by atoms with van der Waals surface area (Å²) < 4.78 is 16.0. The molecular formula is C17H16ClFN2. The van der Waals surface area contributed by atoms with E-state index in [1.54, 1.807) is 6.07 Å². The molecule has 0 radical (unpaired) electrons. The van der Waals surface area contributed by atoms with Crippen molar-refractivity contribution in [3.63, 3.8) is 0 Å². The molecule has 0 aliphatic heterocycles. The van der Waals surface area contributed by atoms with Gasteiger partial charge in [-0.15, -0.1) is 11.6 Å². The number of hydrogen-bond acceptors (Lipinski definition) is 1. The Hall–Kier alpha value is -1.87. The number of rotatable bonds is 5. The third-order valence-electron chi connectivity index (χ3n) is 3.59. The van der Waals surface area contributed by atoms with Gasteiger partial charge in [0, 0.05) is 18.8 Å². The molecule has 0 aliphatic carbocycles. The number of alkyl halides is 1. The van der Waals surface area contributed by atoms with Gasteiger partial charge < -0.3 is 4.57 Å². The fraction of sp³-hybridized carbons (Fsp3) is 0.235. The second kappa shape index (κ2) is 6.27. The Morgan fingerprint density at radius 1 is 1.00 bits per heavy atom. The first-order valence-electron chi connectivity index (χ1n) is 7.03. The number of hydrogen-bond donors (Lipinski definition) is 0. The maximum atomic E-state index is 13.9. The maximum absolute atomic E-state index is 13.9. The van der Waals surface area contributed by atoms with Crippen molar-refractivity contribution >= 4 is 22.6 Å². The van der Waals surface area contributed by atoms with Crippen molar-refractivity contribution in [2.24, 2.45) is 0 Å². The average molecular weight is 303 g/mol. The lowest BCUT2D eigenvalue weighted by Crippen LogP contribution is -2.07. The molecule has 0 amide bonds. The van der Waals surface area contributed by atoms with Gasteiger partial charge in [-0.05, 0) is 24.1 Å². The molecular weight excluding hydrogens is 287 g/mol. The first kappa shape index (κ1) is 14.1. The zero-order valence-electron chi connectivity index (χ0n) is 11.6. The zero-order valence-corrected chi connectivity index (χ0v) is 12.4. The SMILES string of the molecule is Fc1cccc2c1nc(CCCl)n2CCc1ccccc1. The van der Waals surface area contributed by atoms with E-state index in [-0.39, 0.29) is 5.82 Å². The van der Waals surface area contributed by atoms with E-state index in [0.29, 0.717) is 17.8 Å². The lowest BCUT2D eigenvalue weighted by Gasteiger charge is -2.08. The van der Waals surface area contributed by atoms with Crippen LogP contribution >= 0.6 is 11.6 Å². The van der Waals surface area contributed by atoms with Crippen molar-refractivity contribution in [3.05, 3.63) is 65.7 Å². The summed E-state index contributed by atoms with van der Waals surface area (Å²) >= 11 is 5.85. The van der Waals surface area contributed by atoms with Crippen molar-refractivity contribution in [1.82, 2.24) is 9.55 Å².